The van der Waals surface area contributed by atoms with E-state index in [0.717, 1.165) is 20.1 Å². The standard InChI is InChI=1S/C12H4Br2Cl4/c13-7-2-1-5(3-8(7)14)6-4-9(15)11(17)12(18)10(6)16/h1-4H. The molecule has 0 unspecified atom stereocenters. The summed E-state index contributed by atoms with van der Waals surface area (Å²) in [5, 5.41) is 1.29. The molecule has 0 aliphatic carbocycles. The van der Waals surface area contributed by atoms with Crippen molar-refractivity contribution >= 4 is 78.3 Å². The molecule has 0 aromatic heterocycles. The van der Waals surface area contributed by atoms with Gasteiger partial charge in [-0.1, -0.05) is 52.5 Å². The Balaban J connectivity index is 2.67. The average Bonchev–Trinajstić information content (AvgIpc) is 2.35. The van der Waals surface area contributed by atoms with Gasteiger partial charge in [-0.15, -0.1) is 0 Å². The van der Waals surface area contributed by atoms with Gasteiger partial charge in [-0.05, 0) is 55.6 Å². The third kappa shape index (κ3) is 2.84. The number of halogens is 6. The smallest absolute Gasteiger partial charge is 0.0800 e. The van der Waals surface area contributed by atoms with Crippen LogP contribution in [0.3, 0.4) is 0 Å². The molecule has 2 rings (SSSR count). The fourth-order valence-electron chi connectivity index (χ4n) is 1.45. The lowest BCUT2D eigenvalue weighted by Gasteiger charge is -2.10. The molecule has 94 valence electrons. The monoisotopic (exact) mass is 446 g/mol. The summed E-state index contributed by atoms with van der Waals surface area (Å²) >= 11 is 31.0. The van der Waals surface area contributed by atoms with Crippen LogP contribution >= 0.6 is 78.3 Å². The first-order chi connectivity index (χ1) is 8.41. The van der Waals surface area contributed by atoms with Crippen molar-refractivity contribution in [1.29, 1.82) is 0 Å². The summed E-state index contributed by atoms with van der Waals surface area (Å²) in [7, 11) is 0. The summed E-state index contributed by atoms with van der Waals surface area (Å²) in [5.74, 6) is 0. The summed E-state index contributed by atoms with van der Waals surface area (Å²) in [4.78, 5) is 0. The van der Waals surface area contributed by atoms with E-state index in [9.17, 15) is 0 Å². The van der Waals surface area contributed by atoms with Crippen LogP contribution in [0, 0.1) is 0 Å². The van der Waals surface area contributed by atoms with Crippen molar-refractivity contribution in [2.75, 3.05) is 0 Å². The first-order valence-corrected chi connectivity index (χ1v) is 7.80. The Kier molecular flexibility index (Phi) is 4.91. The highest BCUT2D eigenvalue weighted by molar-refractivity contribution is 9.13. The van der Waals surface area contributed by atoms with Gasteiger partial charge in [0.2, 0.25) is 0 Å². The molecule has 0 spiro atoms. The fourth-order valence-corrected chi connectivity index (χ4v) is 2.98. The zero-order valence-corrected chi connectivity index (χ0v) is 14.8. The summed E-state index contributed by atoms with van der Waals surface area (Å²) < 4.78 is 1.87. The van der Waals surface area contributed by atoms with E-state index < -0.39 is 0 Å². The second-order valence-electron chi connectivity index (χ2n) is 3.48. The molecule has 18 heavy (non-hydrogen) atoms. The maximum atomic E-state index is 6.20. The van der Waals surface area contributed by atoms with Gasteiger partial charge in [0.15, 0.2) is 0 Å². The van der Waals surface area contributed by atoms with Crippen LogP contribution in [0.5, 0.6) is 0 Å². The van der Waals surface area contributed by atoms with Crippen LogP contribution in [0.2, 0.25) is 20.1 Å². The molecule has 0 saturated carbocycles. The predicted octanol–water partition coefficient (Wildman–Crippen LogP) is 7.49. The average molecular weight is 450 g/mol. The van der Waals surface area contributed by atoms with Gasteiger partial charge >= 0.3 is 0 Å². The highest BCUT2D eigenvalue weighted by Crippen LogP contribution is 2.43. The van der Waals surface area contributed by atoms with Crippen LogP contribution < -0.4 is 0 Å². The van der Waals surface area contributed by atoms with E-state index in [0.29, 0.717) is 10.0 Å². The van der Waals surface area contributed by atoms with Gasteiger partial charge in [0.05, 0.1) is 20.1 Å². The first-order valence-electron chi connectivity index (χ1n) is 4.70. The van der Waals surface area contributed by atoms with Gasteiger partial charge in [-0.25, -0.2) is 0 Å². The van der Waals surface area contributed by atoms with Crippen molar-refractivity contribution in [3.63, 3.8) is 0 Å². The maximum absolute atomic E-state index is 6.20. The molecule has 0 atom stereocenters. The van der Waals surface area contributed by atoms with Gasteiger partial charge in [-0.2, -0.15) is 0 Å². The Morgan fingerprint density at radius 3 is 2.00 bits per heavy atom. The molecule has 0 fully saturated rings. The largest absolute Gasteiger partial charge is 0.0826 e. The van der Waals surface area contributed by atoms with Crippen LogP contribution in [-0.4, -0.2) is 0 Å². The molecule has 0 heterocycles. The highest BCUT2D eigenvalue weighted by atomic mass is 79.9. The van der Waals surface area contributed by atoms with Crippen molar-refractivity contribution in [1.82, 2.24) is 0 Å². The van der Waals surface area contributed by atoms with E-state index in [1.54, 1.807) is 6.07 Å². The van der Waals surface area contributed by atoms with E-state index in [4.69, 9.17) is 46.4 Å². The Labute approximate surface area is 141 Å². The van der Waals surface area contributed by atoms with Gasteiger partial charge < -0.3 is 0 Å². The molecule has 2 aromatic carbocycles. The Morgan fingerprint density at radius 2 is 1.39 bits per heavy atom. The molecular weight excluding hydrogens is 446 g/mol. The van der Waals surface area contributed by atoms with Crippen LogP contribution in [0.1, 0.15) is 0 Å². The third-order valence-electron chi connectivity index (χ3n) is 2.33. The molecule has 6 heteroatoms. The summed E-state index contributed by atoms with van der Waals surface area (Å²) in [6.07, 6.45) is 0. The molecule has 0 saturated heterocycles. The summed E-state index contributed by atoms with van der Waals surface area (Å²) in [5.41, 5.74) is 1.64. The lowest BCUT2D eigenvalue weighted by molar-refractivity contribution is 1.55. The molecular formula is C12H4Br2Cl4. The normalized spacial score (nSPS) is 10.8. The van der Waals surface area contributed by atoms with Gasteiger partial charge in [0.1, 0.15) is 0 Å². The molecule has 0 N–H and O–H groups in total. The van der Waals surface area contributed by atoms with E-state index >= 15 is 0 Å². The van der Waals surface area contributed by atoms with E-state index in [-0.39, 0.29) is 10.0 Å². The second kappa shape index (κ2) is 5.90. The second-order valence-corrected chi connectivity index (χ2v) is 6.73. The fraction of sp³-hybridized carbons (Fsp3) is 0. The Hall–Kier alpha value is 0.560. The number of hydrogen-bond donors (Lipinski definition) is 0. The molecule has 0 amide bonds. The van der Waals surface area contributed by atoms with Gasteiger partial charge in [0, 0.05) is 14.5 Å². The summed E-state index contributed by atoms with van der Waals surface area (Å²) in [6, 6.07) is 7.45. The lowest BCUT2D eigenvalue weighted by atomic mass is 10.1. The van der Waals surface area contributed by atoms with Crippen molar-refractivity contribution in [3.05, 3.63) is 53.3 Å². The minimum Gasteiger partial charge on any atom is -0.0826 e. The van der Waals surface area contributed by atoms with Crippen molar-refractivity contribution in [2.45, 2.75) is 0 Å². The lowest BCUT2D eigenvalue weighted by Crippen LogP contribution is -1.84. The molecule has 0 radical (unpaired) electrons. The zero-order chi connectivity index (χ0) is 13.4. The Bertz CT molecular complexity index is 626. The molecule has 0 nitrogen and oxygen atoms in total. The molecule has 0 bridgehead atoms. The maximum Gasteiger partial charge on any atom is 0.0800 e. The van der Waals surface area contributed by atoms with E-state index in [2.05, 4.69) is 31.9 Å². The van der Waals surface area contributed by atoms with Gasteiger partial charge in [-0.3, -0.25) is 0 Å². The summed E-state index contributed by atoms with van der Waals surface area (Å²) in [6.45, 7) is 0. The van der Waals surface area contributed by atoms with Crippen molar-refractivity contribution < 1.29 is 0 Å². The number of hydrogen-bond acceptors (Lipinski definition) is 0. The van der Waals surface area contributed by atoms with Crippen molar-refractivity contribution in [3.8, 4) is 11.1 Å². The number of benzene rings is 2. The van der Waals surface area contributed by atoms with Gasteiger partial charge in [0.25, 0.3) is 0 Å². The minimum atomic E-state index is 0.264. The topological polar surface area (TPSA) is 0 Å². The molecule has 0 aliphatic rings. The SMILES string of the molecule is Clc1cc(-c2ccc(Br)c(Br)c2)c(Cl)c(Cl)c1Cl. The van der Waals surface area contributed by atoms with E-state index in [1.807, 2.05) is 18.2 Å². The van der Waals surface area contributed by atoms with Crippen LogP contribution in [0.4, 0.5) is 0 Å². The number of rotatable bonds is 1. The third-order valence-corrected chi connectivity index (χ3v) is 5.96. The first kappa shape index (κ1) is 15.0. The predicted molar refractivity (Wildman–Crippen MR) is 87.3 cm³/mol. The molecule has 0 aliphatic heterocycles. The van der Waals surface area contributed by atoms with Crippen LogP contribution in [-0.2, 0) is 0 Å². The quantitative estimate of drug-likeness (QED) is 0.312. The van der Waals surface area contributed by atoms with Crippen molar-refractivity contribution in [2.24, 2.45) is 0 Å². The minimum absolute atomic E-state index is 0.264. The molecule has 2 aromatic rings. The van der Waals surface area contributed by atoms with Crippen LogP contribution in [0.25, 0.3) is 11.1 Å². The highest BCUT2D eigenvalue weighted by Gasteiger charge is 2.15. The van der Waals surface area contributed by atoms with Crippen LogP contribution in [0.15, 0.2) is 33.2 Å². The Morgan fingerprint density at radius 1 is 0.722 bits per heavy atom. The van der Waals surface area contributed by atoms with E-state index in [1.165, 1.54) is 0 Å². The zero-order valence-electron chi connectivity index (χ0n) is 8.58.